The van der Waals surface area contributed by atoms with E-state index in [1.54, 1.807) is 0 Å². The summed E-state index contributed by atoms with van der Waals surface area (Å²) in [5, 5.41) is 3.59. The van der Waals surface area contributed by atoms with Crippen LogP contribution in [0.5, 0.6) is 0 Å². The number of hydrogen-bond acceptors (Lipinski definition) is 1. The minimum Gasteiger partial charge on any atom is -0.316 e. The molecule has 2 atom stereocenters. The summed E-state index contributed by atoms with van der Waals surface area (Å²) in [5.74, 6) is 2.89. The fourth-order valence-corrected chi connectivity index (χ4v) is 2.77. The minimum absolute atomic E-state index is 0.884. The second-order valence-electron chi connectivity index (χ2n) is 5.63. The van der Waals surface area contributed by atoms with E-state index >= 15 is 0 Å². The zero-order valence-corrected chi connectivity index (χ0v) is 10.9. The molecule has 1 N–H and O–H groups in total. The molecule has 0 amide bonds. The van der Waals surface area contributed by atoms with Crippen LogP contribution in [-0.4, -0.2) is 13.1 Å². The summed E-state index contributed by atoms with van der Waals surface area (Å²) in [6.45, 7) is 9.42. The molecule has 1 saturated carbocycles. The van der Waals surface area contributed by atoms with Gasteiger partial charge in [-0.25, -0.2) is 0 Å². The largest absolute Gasteiger partial charge is 0.316 e. The zero-order chi connectivity index (χ0) is 11.1. The molecule has 0 aromatic heterocycles. The molecule has 1 rings (SSSR count). The molecule has 0 heterocycles. The Balaban J connectivity index is 2.17. The molecule has 1 fully saturated rings. The molecule has 1 heteroatoms. The summed E-state index contributed by atoms with van der Waals surface area (Å²) in [6, 6.07) is 0. The van der Waals surface area contributed by atoms with Crippen LogP contribution in [0.25, 0.3) is 0 Å². The van der Waals surface area contributed by atoms with E-state index < -0.39 is 0 Å². The van der Waals surface area contributed by atoms with Crippen molar-refractivity contribution in [1.82, 2.24) is 5.32 Å². The van der Waals surface area contributed by atoms with Gasteiger partial charge in [-0.1, -0.05) is 40.0 Å². The molecule has 0 aromatic rings. The van der Waals surface area contributed by atoms with Gasteiger partial charge in [0.15, 0.2) is 0 Å². The van der Waals surface area contributed by atoms with E-state index in [1.807, 2.05) is 0 Å². The molecule has 0 radical (unpaired) electrons. The molecule has 0 aliphatic heterocycles. The van der Waals surface area contributed by atoms with Crippen molar-refractivity contribution in [3.05, 3.63) is 0 Å². The van der Waals surface area contributed by atoms with Crippen LogP contribution in [-0.2, 0) is 0 Å². The van der Waals surface area contributed by atoms with Gasteiger partial charge in [-0.05, 0) is 50.1 Å². The van der Waals surface area contributed by atoms with Crippen LogP contribution in [0, 0.1) is 17.8 Å². The number of hydrogen-bond donors (Lipinski definition) is 1. The molecule has 0 aromatic carbocycles. The van der Waals surface area contributed by atoms with Gasteiger partial charge in [-0.2, -0.15) is 0 Å². The van der Waals surface area contributed by atoms with E-state index in [-0.39, 0.29) is 0 Å². The van der Waals surface area contributed by atoms with E-state index in [9.17, 15) is 0 Å². The Morgan fingerprint density at radius 3 is 2.60 bits per heavy atom. The molecule has 0 spiro atoms. The van der Waals surface area contributed by atoms with Gasteiger partial charge in [0, 0.05) is 0 Å². The first-order valence-corrected chi connectivity index (χ1v) is 6.94. The first-order chi connectivity index (χ1) is 7.24. The van der Waals surface area contributed by atoms with E-state index in [4.69, 9.17) is 0 Å². The third-order valence-electron chi connectivity index (χ3n) is 3.76. The maximum absolute atomic E-state index is 3.59. The average molecular weight is 211 g/mol. The lowest BCUT2D eigenvalue weighted by atomic mass is 9.89. The molecule has 1 nitrogen and oxygen atoms in total. The SMILES string of the molecule is CCCNCC1CCCC1CCC(C)C. The van der Waals surface area contributed by atoms with Gasteiger partial charge in [0.25, 0.3) is 0 Å². The summed E-state index contributed by atoms with van der Waals surface area (Å²) in [6.07, 6.45) is 8.60. The summed E-state index contributed by atoms with van der Waals surface area (Å²) < 4.78 is 0. The zero-order valence-electron chi connectivity index (χ0n) is 10.9. The van der Waals surface area contributed by atoms with Crippen molar-refractivity contribution in [3.8, 4) is 0 Å². The van der Waals surface area contributed by atoms with Crippen molar-refractivity contribution < 1.29 is 0 Å². The van der Waals surface area contributed by atoms with E-state index in [1.165, 1.54) is 51.6 Å². The molecule has 0 bridgehead atoms. The van der Waals surface area contributed by atoms with Crippen LogP contribution in [0.15, 0.2) is 0 Å². The van der Waals surface area contributed by atoms with E-state index in [0.29, 0.717) is 0 Å². The molecule has 1 aliphatic carbocycles. The van der Waals surface area contributed by atoms with Crippen LogP contribution >= 0.6 is 0 Å². The molecule has 90 valence electrons. The quantitative estimate of drug-likeness (QED) is 0.631. The predicted molar refractivity (Wildman–Crippen MR) is 68.1 cm³/mol. The topological polar surface area (TPSA) is 12.0 Å². The molecule has 1 aliphatic rings. The number of rotatable bonds is 7. The van der Waals surface area contributed by atoms with Crippen molar-refractivity contribution >= 4 is 0 Å². The average Bonchev–Trinajstić information content (AvgIpc) is 2.63. The second kappa shape index (κ2) is 7.27. The van der Waals surface area contributed by atoms with E-state index in [2.05, 4.69) is 26.1 Å². The maximum Gasteiger partial charge on any atom is -0.00179 e. The van der Waals surface area contributed by atoms with Gasteiger partial charge in [0.05, 0.1) is 0 Å². The van der Waals surface area contributed by atoms with Crippen molar-refractivity contribution in [2.24, 2.45) is 17.8 Å². The highest BCUT2D eigenvalue weighted by Gasteiger charge is 2.26. The lowest BCUT2D eigenvalue weighted by Gasteiger charge is -2.20. The van der Waals surface area contributed by atoms with Gasteiger partial charge in [-0.15, -0.1) is 0 Å². The van der Waals surface area contributed by atoms with Crippen LogP contribution in [0.4, 0.5) is 0 Å². The molecular formula is C14H29N. The van der Waals surface area contributed by atoms with Crippen LogP contribution in [0.3, 0.4) is 0 Å². The first-order valence-electron chi connectivity index (χ1n) is 6.94. The monoisotopic (exact) mass is 211 g/mol. The highest BCUT2D eigenvalue weighted by Crippen LogP contribution is 2.35. The summed E-state index contributed by atoms with van der Waals surface area (Å²) in [4.78, 5) is 0. The predicted octanol–water partition coefficient (Wildman–Crippen LogP) is 3.84. The fourth-order valence-electron chi connectivity index (χ4n) is 2.77. The Labute approximate surface area is 96.0 Å². The van der Waals surface area contributed by atoms with Gasteiger partial charge in [0.2, 0.25) is 0 Å². The summed E-state index contributed by atoms with van der Waals surface area (Å²) in [7, 11) is 0. The van der Waals surface area contributed by atoms with Gasteiger partial charge >= 0.3 is 0 Å². The highest BCUT2D eigenvalue weighted by molar-refractivity contribution is 4.79. The Kier molecular flexibility index (Phi) is 6.31. The first kappa shape index (κ1) is 13.0. The van der Waals surface area contributed by atoms with Crippen molar-refractivity contribution in [1.29, 1.82) is 0 Å². The minimum atomic E-state index is 0.884. The molecule has 0 saturated heterocycles. The smallest absolute Gasteiger partial charge is 0.00179 e. The third kappa shape index (κ3) is 5.01. The second-order valence-corrected chi connectivity index (χ2v) is 5.63. The highest BCUT2D eigenvalue weighted by atomic mass is 14.9. The van der Waals surface area contributed by atoms with E-state index in [0.717, 1.165) is 17.8 Å². The summed E-state index contributed by atoms with van der Waals surface area (Å²) in [5.41, 5.74) is 0. The lowest BCUT2D eigenvalue weighted by Crippen LogP contribution is -2.26. The molecule has 15 heavy (non-hydrogen) atoms. The Morgan fingerprint density at radius 2 is 1.93 bits per heavy atom. The van der Waals surface area contributed by atoms with Gasteiger partial charge in [-0.3, -0.25) is 0 Å². The van der Waals surface area contributed by atoms with Crippen LogP contribution in [0.2, 0.25) is 0 Å². The standard InChI is InChI=1S/C14H29N/c1-4-10-15-11-14-7-5-6-13(14)9-8-12(2)3/h12-15H,4-11H2,1-3H3. The molecule has 2 unspecified atom stereocenters. The van der Waals surface area contributed by atoms with Crippen molar-refractivity contribution in [2.75, 3.05) is 13.1 Å². The summed E-state index contributed by atoms with van der Waals surface area (Å²) >= 11 is 0. The fraction of sp³-hybridized carbons (Fsp3) is 1.00. The Morgan fingerprint density at radius 1 is 1.20 bits per heavy atom. The van der Waals surface area contributed by atoms with Gasteiger partial charge < -0.3 is 5.32 Å². The van der Waals surface area contributed by atoms with Crippen LogP contribution in [0.1, 0.15) is 59.3 Å². The van der Waals surface area contributed by atoms with Gasteiger partial charge in [0.1, 0.15) is 0 Å². The Hall–Kier alpha value is -0.0400. The third-order valence-corrected chi connectivity index (χ3v) is 3.76. The Bertz CT molecular complexity index is 153. The van der Waals surface area contributed by atoms with Crippen molar-refractivity contribution in [2.45, 2.75) is 59.3 Å². The number of nitrogens with one attached hydrogen (secondary N) is 1. The van der Waals surface area contributed by atoms with Crippen molar-refractivity contribution in [3.63, 3.8) is 0 Å². The maximum atomic E-state index is 3.59. The normalized spacial score (nSPS) is 26.4. The van der Waals surface area contributed by atoms with Crippen LogP contribution < -0.4 is 5.32 Å². The lowest BCUT2D eigenvalue weighted by molar-refractivity contribution is 0.325. The molecular weight excluding hydrogens is 182 g/mol.